The summed E-state index contributed by atoms with van der Waals surface area (Å²) in [6.45, 7) is 7.52. The van der Waals surface area contributed by atoms with Gasteiger partial charge in [0.15, 0.2) is 0 Å². The molecule has 1 amide bonds. The number of nitrogens with two attached hydrogens (primary N) is 1. The average Bonchev–Trinajstić information content (AvgIpc) is 2.25. The highest BCUT2D eigenvalue weighted by Gasteiger charge is 2.27. The lowest BCUT2D eigenvalue weighted by Gasteiger charge is -2.33. The fourth-order valence-electron chi connectivity index (χ4n) is 2.48. The van der Waals surface area contributed by atoms with Crippen LogP contribution in [0.15, 0.2) is 0 Å². The molecule has 116 valence electrons. The quantitative estimate of drug-likeness (QED) is 0.781. The van der Waals surface area contributed by atoms with Crippen molar-refractivity contribution in [3.63, 3.8) is 0 Å². The Morgan fingerprint density at radius 2 is 2.10 bits per heavy atom. The van der Waals surface area contributed by atoms with E-state index < -0.39 is 12.1 Å². The Kier molecular flexibility index (Phi) is 5.95. The molecular weight excluding hydrogens is 260 g/mol. The molecule has 1 fully saturated rings. The van der Waals surface area contributed by atoms with Gasteiger partial charge < -0.3 is 20.5 Å². The van der Waals surface area contributed by atoms with E-state index in [1.54, 1.807) is 4.90 Å². The molecule has 1 aliphatic heterocycles. The van der Waals surface area contributed by atoms with E-state index in [-0.39, 0.29) is 23.8 Å². The van der Waals surface area contributed by atoms with E-state index >= 15 is 0 Å². The zero-order chi connectivity index (χ0) is 15.3. The van der Waals surface area contributed by atoms with E-state index in [1.165, 1.54) is 0 Å². The van der Waals surface area contributed by atoms with Crippen LogP contribution < -0.4 is 5.73 Å². The van der Waals surface area contributed by atoms with E-state index in [1.807, 2.05) is 0 Å². The smallest absolute Gasteiger partial charge is 0.306 e. The molecule has 1 aliphatic rings. The van der Waals surface area contributed by atoms with Crippen molar-refractivity contribution in [3.05, 3.63) is 0 Å². The van der Waals surface area contributed by atoms with Gasteiger partial charge in [0.1, 0.15) is 0 Å². The lowest BCUT2D eigenvalue weighted by atomic mass is 9.87. The van der Waals surface area contributed by atoms with E-state index in [2.05, 4.69) is 20.8 Å². The number of aliphatic carboxylic acids is 1. The van der Waals surface area contributed by atoms with Crippen LogP contribution in [0, 0.1) is 5.41 Å². The molecular formula is C14H26N2O4. The number of hydrogen-bond acceptors (Lipinski definition) is 4. The Balaban J connectivity index is 2.44. The highest BCUT2D eigenvalue weighted by molar-refractivity contribution is 5.77. The van der Waals surface area contributed by atoms with Gasteiger partial charge >= 0.3 is 5.97 Å². The van der Waals surface area contributed by atoms with Gasteiger partial charge in [0.05, 0.1) is 19.1 Å². The summed E-state index contributed by atoms with van der Waals surface area (Å²) in [5.41, 5.74) is 6.10. The lowest BCUT2D eigenvalue weighted by Crippen LogP contribution is -2.47. The first-order valence-electron chi connectivity index (χ1n) is 7.04. The molecule has 0 aromatic heterocycles. The van der Waals surface area contributed by atoms with Crippen molar-refractivity contribution in [1.82, 2.24) is 4.90 Å². The number of hydrogen-bond donors (Lipinski definition) is 2. The van der Waals surface area contributed by atoms with Crippen molar-refractivity contribution >= 4 is 11.9 Å². The predicted octanol–water partition coefficient (Wildman–Crippen LogP) is 0.842. The number of rotatable bonds is 5. The number of ether oxygens (including phenoxy) is 1. The summed E-state index contributed by atoms with van der Waals surface area (Å²) in [7, 11) is 0. The van der Waals surface area contributed by atoms with E-state index in [0.717, 1.165) is 6.42 Å². The number of carboxylic acid groups (broad SMARTS) is 1. The van der Waals surface area contributed by atoms with Crippen LogP contribution >= 0.6 is 0 Å². The van der Waals surface area contributed by atoms with Gasteiger partial charge in [-0.25, -0.2) is 0 Å². The van der Waals surface area contributed by atoms with Gasteiger partial charge in [-0.3, -0.25) is 9.59 Å². The van der Waals surface area contributed by atoms with Gasteiger partial charge in [-0.2, -0.15) is 0 Å². The average molecular weight is 286 g/mol. The minimum Gasteiger partial charge on any atom is -0.481 e. The van der Waals surface area contributed by atoms with Crippen LogP contribution in [0.1, 0.15) is 40.0 Å². The molecule has 0 aliphatic carbocycles. The van der Waals surface area contributed by atoms with Gasteiger partial charge in [0.2, 0.25) is 5.91 Å². The maximum absolute atomic E-state index is 12.2. The third-order valence-corrected chi connectivity index (χ3v) is 3.21. The molecule has 0 aromatic carbocycles. The normalized spacial score (nSPS) is 21.6. The largest absolute Gasteiger partial charge is 0.481 e. The van der Waals surface area contributed by atoms with Crippen molar-refractivity contribution in [2.75, 3.05) is 19.7 Å². The molecule has 0 spiro atoms. The molecule has 0 bridgehead atoms. The van der Waals surface area contributed by atoms with Gasteiger partial charge in [-0.15, -0.1) is 0 Å². The van der Waals surface area contributed by atoms with Crippen molar-refractivity contribution in [1.29, 1.82) is 0 Å². The first-order valence-corrected chi connectivity index (χ1v) is 7.04. The number of morpholine rings is 1. The van der Waals surface area contributed by atoms with Crippen molar-refractivity contribution in [2.24, 2.45) is 11.1 Å². The lowest BCUT2D eigenvalue weighted by molar-refractivity contribution is -0.147. The summed E-state index contributed by atoms with van der Waals surface area (Å²) in [5.74, 6) is -0.922. The molecule has 6 nitrogen and oxygen atoms in total. The zero-order valence-electron chi connectivity index (χ0n) is 12.6. The first kappa shape index (κ1) is 16.9. The highest BCUT2D eigenvalue weighted by atomic mass is 16.5. The third-order valence-electron chi connectivity index (χ3n) is 3.21. The second-order valence-corrected chi connectivity index (χ2v) is 6.66. The number of carbonyl (C=O) groups excluding carboxylic acids is 1. The number of carboxylic acids is 1. The Hall–Kier alpha value is -1.14. The van der Waals surface area contributed by atoms with Gasteiger partial charge in [0.25, 0.3) is 0 Å². The second kappa shape index (κ2) is 7.04. The fourth-order valence-corrected chi connectivity index (χ4v) is 2.48. The molecule has 0 aromatic rings. The SMILES string of the molecule is CC(C)(C)CC(N)CC(=O)N1CCOC(CC(=O)O)C1. The van der Waals surface area contributed by atoms with E-state index in [9.17, 15) is 9.59 Å². The number of carbonyl (C=O) groups is 2. The van der Waals surface area contributed by atoms with Crippen LogP contribution in [0.3, 0.4) is 0 Å². The van der Waals surface area contributed by atoms with Gasteiger partial charge in [-0.05, 0) is 11.8 Å². The van der Waals surface area contributed by atoms with Gasteiger partial charge in [-0.1, -0.05) is 20.8 Å². The maximum atomic E-state index is 12.2. The van der Waals surface area contributed by atoms with Crippen molar-refractivity contribution in [3.8, 4) is 0 Å². The third kappa shape index (κ3) is 6.34. The van der Waals surface area contributed by atoms with Gasteiger partial charge in [0, 0.05) is 25.6 Å². The van der Waals surface area contributed by atoms with Crippen LogP contribution in [0.5, 0.6) is 0 Å². The molecule has 0 radical (unpaired) electrons. The van der Waals surface area contributed by atoms with Crippen LogP contribution in [-0.2, 0) is 14.3 Å². The van der Waals surface area contributed by atoms with Crippen molar-refractivity contribution < 1.29 is 19.4 Å². The minimum atomic E-state index is -0.909. The first-order chi connectivity index (χ1) is 9.17. The summed E-state index contributed by atoms with van der Waals surface area (Å²) in [5, 5.41) is 8.76. The molecule has 3 N–H and O–H groups in total. The van der Waals surface area contributed by atoms with E-state index in [4.69, 9.17) is 15.6 Å². The highest BCUT2D eigenvalue weighted by Crippen LogP contribution is 2.21. The summed E-state index contributed by atoms with van der Waals surface area (Å²) in [6.07, 6.45) is 0.598. The number of nitrogens with zero attached hydrogens (tertiary/aromatic N) is 1. The Morgan fingerprint density at radius 1 is 1.45 bits per heavy atom. The van der Waals surface area contributed by atoms with Crippen LogP contribution in [0.4, 0.5) is 0 Å². The Labute approximate surface area is 120 Å². The topological polar surface area (TPSA) is 92.9 Å². The zero-order valence-corrected chi connectivity index (χ0v) is 12.6. The number of amides is 1. The molecule has 1 heterocycles. The molecule has 1 saturated heterocycles. The fraction of sp³-hybridized carbons (Fsp3) is 0.857. The standard InChI is InChI=1S/C14H26N2O4/c1-14(2,3)8-10(15)6-12(17)16-4-5-20-11(9-16)7-13(18)19/h10-11H,4-9,15H2,1-3H3,(H,18,19). The molecule has 0 saturated carbocycles. The maximum Gasteiger partial charge on any atom is 0.306 e. The molecule has 1 rings (SSSR count). The van der Waals surface area contributed by atoms with Crippen molar-refractivity contribution in [2.45, 2.75) is 52.2 Å². The molecule has 2 unspecified atom stereocenters. The molecule has 2 atom stereocenters. The van der Waals surface area contributed by atoms with Crippen LogP contribution in [0.2, 0.25) is 0 Å². The summed E-state index contributed by atoms with van der Waals surface area (Å²) in [4.78, 5) is 24.5. The second-order valence-electron chi connectivity index (χ2n) is 6.66. The Morgan fingerprint density at radius 3 is 2.65 bits per heavy atom. The molecule has 20 heavy (non-hydrogen) atoms. The van der Waals surface area contributed by atoms with Crippen LogP contribution in [0.25, 0.3) is 0 Å². The monoisotopic (exact) mass is 286 g/mol. The molecule has 6 heteroatoms. The predicted molar refractivity (Wildman–Crippen MR) is 75.2 cm³/mol. The summed E-state index contributed by atoms with van der Waals surface area (Å²) in [6, 6.07) is -0.164. The minimum absolute atomic E-state index is 0.0135. The van der Waals surface area contributed by atoms with E-state index in [0.29, 0.717) is 26.1 Å². The van der Waals surface area contributed by atoms with Crippen LogP contribution in [-0.4, -0.2) is 53.7 Å². The summed E-state index contributed by atoms with van der Waals surface area (Å²) < 4.78 is 5.35. The Bertz CT molecular complexity index is 352. The summed E-state index contributed by atoms with van der Waals surface area (Å²) >= 11 is 0.